The minimum absolute atomic E-state index is 0.0222. The van der Waals surface area contributed by atoms with Crippen LogP contribution < -0.4 is 10.6 Å². The molecule has 1 aliphatic heterocycles. The van der Waals surface area contributed by atoms with Gasteiger partial charge in [0.05, 0.1) is 24.4 Å². The molecule has 1 aromatic carbocycles. The van der Waals surface area contributed by atoms with Crippen molar-refractivity contribution < 1.29 is 28.2 Å². The van der Waals surface area contributed by atoms with E-state index in [2.05, 4.69) is 10.6 Å². The van der Waals surface area contributed by atoms with Gasteiger partial charge in [-0.05, 0) is 25.1 Å². The maximum absolute atomic E-state index is 13.7. The van der Waals surface area contributed by atoms with Crippen LogP contribution in [-0.4, -0.2) is 37.7 Å². The van der Waals surface area contributed by atoms with Crippen LogP contribution in [0.5, 0.6) is 0 Å². The highest BCUT2D eigenvalue weighted by atomic mass is 32.1. The van der Waals surface area contributed by atoms with Gasteiger partial charge in [0.15, 0.2) is 0 Å². The molecular weight excluding hydrogens is 363 g/mol. The average Bonchev–Trinajstić information content (AvgIpc) is 3.06. The normalized spacial score (nSPS) is 14.0. The molecule has 26 heavy (non-hydrogen) atoms. The molecule has 2 N–H and O–H groups in total. The first-order valence-electron chi connectivity index (χ1n) is 7.78. The van der Waals surface area contributed by atoms with Crippen LogP contribution in [0.25, 0.3) is 10.1 Å². The third-order valence-corrected chi connectivity index (χ3v) is 4.71. The number of esters is 2. The van der Waals surface area contributed by atoms with Crippen molar-refractivity contribution in [3.8, 4) is 0 Å². The summed E-state index contributed by atoms with van der Waals surface area (Å²) < 4.78 is 24.5. The molecule has 0 fully saturated rings. The van der Waals surface area contributed by atoms with Gasteiger partial charge < -0.3 is 20.1 Å². The van der Waals surface area contributed by atoms with E-state index in [9.17, 15) is 18.8 Å². The van der Waals surface area contributed by atoms with Crippen molar-refractivity contribution in [2.24, 2.45) is 0 Å². The zero-order valence-corrected chi connectivity index (χ0v) is 14.6. The third kappa shape index (κ3) is 3.67. The molecule has 0 spiro atoms. The Bertz CT molecular complexity index is 921. The Hall–Kier alpha value is -2.94. The molecule has 0 atom stereocenters. The Balaban J connectivity index is 1.76. The zero-order chi connectivity index (χ0) is 18.7. The molecule has 3 rings (SSSR count). The highest BCUT2D eigenvalue weighted by molar-refractivity contribution is 7.20. The first-order chi connectivity index (χ1) is 12.5. The zero-order valence-electron chi connectivity index (χ0n) is 13.8. The monoisotopic (exact) mass is 378 g/mol. The lowest BCUT2D eigenvalue weighted by molar-refractivity contribution is -0.138. The molecule has 136 valence electrons. The van der Waals surface area contributed by atoms with Crippen LogP contribution in [0.3, 0.4) is 0 Å². The van der Waals surface area contributed by atoms with Gasteiger partial charge in [-0.15, -0.1) is 11.3 Å². The smallest absolute Gasteiger partial charge is 0.348 e. The first-order valence-corrected chi connectivity index (χ1v) is 8.60. The number of rotatable bonds is 5. The van der Waals surface area contributed by atoms with Gasteiger partial charge in [-0.3, -0.25) is 0 Å². The lowest BCUT2D eigenvalue weighted by Gasteiger charge is -2.20. The van der Waals surface area contributed by atoms with Crippen molar-refractivity contribution >= 4 is 39.4 Å². The summed E-state index contributed by atoms with van der Waals surface area (Å²) in [5.74, 6) is -1.69. The Labute approximate surface area is 151 Å². The molecule has 7 nitrogen and oxygen atoms in total. The van der Waals surface area contributed by atoms with E-state index in [0.717, 1.165) is 11.3 Å². The molecule has 0 radical (unpaired) electrons. The number of amides is 2. The average molecular weight is 378 g/mol. The van der Waals surface area contributed by atoms with Crippen LogP contribution in [0.2, 0.25) is 0 Å². The largest absolute Gasteiger partial charge is 0.463 e. The van der Waals surface area contributed by atoms with Crippen molar-refractivity contribution in [1.29, 1.82) is 0 Å². The maximum atomic E-state index is 13.7. The summed E-state index contributed by atoms with van der Waals surface area (Å²) in [6.07, 6.45) is 0. The standard InChI is InChI=1S/C17H15FN2O5S/c1-2-24-15(21)10-7-19-17(23)20-12(10)8-25-16(22)14-6-9-11(18)4-3-5-13(9)26-14/h3-6H,2,7-8H2,1H3,(H2,19,20,23). The summed E-state index contributed by atoms with van der Waals surface area (Å²) in [6, 6.07) is 5.48. The highest BCUT2D eigenvalue weighted by Crippen LogP contribution is 2.28. The van der Waals surface area contributed by atoms with Crippen molar-refractivity contribution in [2.75, 3.05) is 19.8 Å². The molecular formula is C17H15FN2O5S. The summed E-state index contributed by atoms with van der Waals surface area (Å²) in [6.45, 7) is 1.51. The van der Waals surface area contributed by atoms with E-state index in [1.54, 1.807) is 19.1 Å². The van der Waals surface area contributed by atoms with Gasteiger partial charge in [0.2, 0.25) is 0 Å². The number of hydrogen-bond acceptors (Lipinski definition) is 6. The molecule has 1 aromatic heterocycles. The van der Waals surface area contributed by atoms with Crippen molar-refractivity contribution in [1.82, 2.24) is 10.6 Å². The minimum Gasteiger partial charge on any atom is -0.463 e. The second kappa shape index (κ2) is 7.52. The number of fused-ring (bicyclic) bond motifs is 1. The van der Waals surface area contributed by atoms with Gasteiger partial charge >= 0.3 is 18.0 Å². The van der Waals surface area contributed by atoms with Crippen LogP contribution in [0.15, 0.2) is 35.5 Å². The predicted molar refractivity (Wildman–Crippen MR) is 92.3 cm³/mol. The van der Waals surface area contributed by atoms with Crippen LogP contribution in [-0.2, 0) is 14.3 Å². The van der Waals surface area contributed by atoms with Gasteiger partial charge in [0.1, 0.15) is 17.3 Å². The Morgan fingerprint density at radius 1 is 1.27 bits per heavy atom. The Morgan fingerprint density at radius 3 is 2.81 bits per heavy atom. The summed E-state index contributed by atoms with van der Waals surface area (Å²) in [4.78, 5) is 35.9. The fraction of sp³-hybridized carbons (Fsp3) is 0.235. The molecule has 1 aliphatic rings. The molecule has 0 bridgehead atoms. The molecule has 2 aromatic rings. The van der Waals surface area contributed by atoms with E-state index >= 15 is 0 Å². The second-order valence-electron chi connectivity index (χ2n) is 5.32. The first kappa shape index (κ1) is 17.9. The van der Waals surface area contributed by atoms with Gasteiger partial charge in [0.25, 0.3) is 0 Å². The number of urea groups is 1. The van der Waals surface area contributed by atoms with Gasteiger partial charge in [-0.1, -0.05) is 6.07 Å². The highest BCUT2D eigenvalue weighted by Gasteiger charge is 2.25. The van der Waals surface area contributed by atoms with Crippen molar-refractivity contribution in [2.45, 2.75) is 6.92 Å². The fourth-order valence-electron chi connectivity index (χ4n) is 2.40. The predicted octanol–water partition coefficient (Wildman–Crippen LogP) is 2.33. The minimum atomic E-state index is -0.672. The van der Waals surface area contributed by atoms with E-state index in [1.165, 1.54) is 12.1 Å². The molecule has 9 heteroatoms. The van der Waals surface area contributed by atoms with E-state index in [4.69, 9.17) is 9.47 Å². The number of ether oxygens (including phenoxy) is 2. The second-order valence-corrected chi connectivity index (χ2v) is 6.41. The number of nitrogens with one attached hydrogen (secondary N) is 2. The fourth-order valence-corrected chi connectivity index (χ4v) is 3.37. The topological polar surface area (TPSA) is 93.7 Å². The molecule has 2 heterocycles. The molecule has 0 aliphatic carbocycles. The van der Waals surface area contributed by atoms with Crippen LogP contribution in [0, 0.1) is 5.82 Å². The molecule has 2 amide bonds. The maximum Gasteiger partial charge on any atom is 0.348 e. The number of halogens is 1. The third-order valence-electron chi connectivity index (χ3n) is 3.63. The van der Waals surface area contributed by atoms with Gasteiger partial charge in [-0.2, -0.15) is 0 Å². The molecule has 0 saturated carbocycles. The lowest BCUT2D eigenvalue weighted by Crippen LogP contribution is -2.45. The SMILES string of the molecule is CCOC(=O)C1=C(COC(=O)c2cc3c(F)cccc3s2)NC(=O)NC1. The van der Waals surface area contributed by atoms with Crippen LogP contribution in [0.1, 0.15) is 16.6 Å². The summed E-state index contributed by atoms with van der Waals surface area (Å²) in [7, 11) is 0. The van der Waals surface area contributed by atoms with E-state index < -0.39 is 23.8 Å². The lowest BCUT2D eigenvalue weighted by atomic mass is 10.2. The summed E-state index contributed by atoms with van der Waals surface area (Å²) in [5.41, 5.74) is 0.342. The molecule has 0 unspecified atom stereocenters. The van der Waals surface area contributed by atoms with E-state index in [1.807, 2.05) is 0 Å². The molecule has 0 saturated heterocycles. The Morgan fingerprint density at radius 2 is 2.08 bits per heavy atom. The number of carbonyl (C=O) groups is 3. The van der Waals surface area contributed by atoms with Crippen LogP contribution in [0.4, 0.5) is 9.18 Å². The van der Waals surface area contributed by atoms with E-state index in [0.29, 0.717) is 10.1 Å². The quantitative estimate of drug-likeness (QED) is 0.779. The van der Waals surface area contributed by atoms with Crippen LogP contribution >= 0.6 is 11.3 Å². The summed E-state index contributed by atoms with van der Waals surface area (Å²) in [5, 5.41) is 5.24. The van der Waals surface area contributed by atoms with E-state index in [-0.39, 0.29) is 35.9 Å². The van der Waals surface area contributed by atoms with Crippen molar-refractivity contribution in [3.63, 3.8) is 0 Å². The van der Waals surface area contributed by atoms with Crippen molar-refractivity contribution in [3.05, 3.63) is 46.2 Å². The van der Waals surface area contributed by atoms with Gasteiger partial charge in [-0.25, -0.2) is 18.8 Å². The Kier molecular flexibility index (Phi) is 5.17. The number of hydrogen-bond donors (Lipinski definition) is 2. The number of benzene rings is 1. The number of thiophene rings is 1. The summed E-state index contributed by atoms with van der Waals surface area (Å²) >= 11 is 1.10. The number of carbonyl (C=O) groups excluding carboxylic acids is 3. The van der Waals surface area contributed by atoms with Gasteiger partial charge in [0, 0.05) is 10.1 Å².